The number of aliphatic hydroxyl groups is 1. The molecule has 3 atom stereocenters. The average Bonchev–Trinajstić information content (AvgIpc) is 3.08. The van der Waals surface area contributed by atoms with Gasteiger partial charge in [0.05, 0.1) is 6.10 Å². The zero-order chi connectivity index (χ0) is 12.8. The van der Waals surface area contributed by atoms with Crippen molar-refractivity contribution in [2.24, 2.45) is 17.3 Å². The average molecular weight is 251 g/mol. The lowest BCUT2D eigenvalue weighted by atomic mass is 9.75. The first-order valence-electron chi connectivity index (χ1n) is 8.02. The highest BCUT2D eigenvalue weighted by Gasteiger charge is 2.48. The lowest BCUT2D eigenvalue weighted by molar-refractivity contribution is -0.00890. The molecule has 2 saturated carbocycles. The van der Waals surface area contributed by atoms with Crippen LogP contribution in [0.15, 0.2) is 0 Å². The van der Waals surface area contributed by atoms with Crippen molar-refractivity contribution < 1.29 is 5.11 Å². The molecule has 104 valence electrons. The number of likely N-dealkylation sites (tertiary alicyclic amines) is 1. The molecule has 18 heavy (non-hydrogen) atoms. The molecule has 0 aromatic heterocycles. The Morgan fingerprint density at radius 1 is 1.17 bits per heavy atom. The van der Waals surface area contributed by atoms with Crippen LogP contribution in [0.25, 0.3) is 0 Å². The van der Waals surface area contributed by atoms with Gasteiger partial charge in [0.25, 0.3) is 0 Å². The summed E-state index contributed by atoms with van der Waals surface area (Å²) in [6.45, 7) is 7.34. The van der Waals surface area contributed by atoms with E-state index >= 15 is 0 Å². The lowest BCUT2D eigenvalue weighted by Gasteiger charge is -2.46. The van der Waals surface area contributed by atoms with Crippen LogP contribution < -0.4 is 0 Å². The highest BCUT2D eigenvalue weighted by atomic mass is 16.3. The Kier molecular flexibility index (Phi) is 3.44. The van der Waals surface area contributed by atoms with Crippen LogP contribution in [0.4, 0.5) is 0 Å². The maximum atomic E-state index is 10.0. The van der Waals surface area contributed by atoms with Crippen LogP contribution >= 0.6 is 0 Å². The van der Waals surface area contributed by atoms with E-state index in [0.29, 0.717) is 11.5 Å². The van der Waals surface area contributed by atoms with Crippen molar-refractivity contribution in [3.05, 3.63) is 0 Å². The summed E-state index contributed by atoms with van der Waals surface area (Å²) in [5.74, 6) is 1.57. The van der Waals surface area contributed by atoms with E-state index in [0.717, 1.165) is 24.7 Å². The normalized spacial score (nSPS) is 40.3. The third-order valence-electron chi connectivity index (χ3n) is 5.81. The Bertz CT molecular complexity index is 297. The molecule has 1 saturated heterocycles. The summed E-state index contributed by atoms with van der Waals surface area (Å²) in [4.78, 5) is 2.75. The molecular weight excluding hydrogens is 222 g/mol. The zero-order valence-electron chi connectivity index (χ0n) is 12.1. The molecule has 0 bridgehead atoms. The molecule has 1 aliphatic heterocycles. The second kappa shape index (κ2) is 4.79. The molecule has 2 heteroatoms. The molecular formula is C16H29NO. The Morgan fingerprint density at radius 2 is 1.94 bits per heavy atom. The van der Waals surface area contributed by atoms with Crippen molar-refractivity contribution in [1.29, 1.82) is 0 Å². The molecule has 3 unspecified atom stereocenters. The molecule has 0 aromatic rings. The molecule has 3 fully saturated rings. The minimum Gasteiger partial charge on any atom is -0.393 e. The fourth-order valence-corrected chi connectivity index (χ4v) is 4.46. The zero-order valence-corrected chi connectivity index (χ0v) is 12.1. The van der Waals surface area contributed by atoms with Crippen molar-refractivity contribution in [3.8, 4) is 0 Å². The van der Waals surface area contributed by atoms with Crippen LogP contribution in [-0.2, 0) is 0 Å². The van der Waals surface area contributed by atoms with Crippen molar-refractivity contribution >= 4 is 0 Å². The summed E-state index contributed by atoms with van der Waals surface area (Å²) in [6, 6.07) is 0.659. The van der Waals surface area contributed by atoms with Gasteiger partial charge in [0, 0.05) is 12.6 Å². The van der Waals surface area contributed by atoms with Crippen molar-refractivity contribution in [2.45, 2.75) is 70.9 Å². The summed E-state index contributed by atoms with van der Waals surface area (Å²) < 4.78 is 0. The standard InChI is InChI=1S/C16H29NO/c1-12(2)14-5-4-13(18)10-15(14)17-9-3-6-16(11-17)7-8-16/h12-15,18H,3-11H2,1-2H3. The Morgan fingerprint density at radius 3 is 2.61 bits per heavy atom. The Hall–Kier alpha value is -0.0800. The monoisotopic (exact) mass is 251 g/mol. The largest absolute Gasteiger partial charge is 0.393 e. The third kappa shape index (κ3) is 2.46. The quantitative estimate of drug-likeness (QED) is 0.815. The van der Waals surface area contributed by atoms with Crippen LogP contribution in [0.2, 0.25) is 0 Å². The van der Waals surface area contributed by atoms with E-state index in [2.05, 4.69) is 18.7 Å². The summed E-state index contributed by atoms with van der Waals surface area (Å²) in [5.41, 5.74) is 0.710. The number of aliphatic hydroxyl groups excluding tert-OH is 1. The van der Waals surface area contributed by atoms with Crippen LogP contribution in [0.3, 0.4) is 0 Å². The van der Waals surface area contributed by atoms with Gasteiger partial charge in [-0.1, -0.05) is 13.8 Å². The predicted molar refractivity (Wildman–Crippen MR) is 74.4 cm³/mol. The molecule has 1 N–H and O–H groups in total. The van der Waals surface area contributed by atoms with Crippen molar-refractivity contribution in [3.63, 3.8) is 0 Å². The molecule has 0 aromatic carbocycles. The highest BCUT2D eigenvalue weighted by Crippen LogP contribution is 2.53. The molecule has 1 spiro atoms. The minimum atomic E-state index is -0.0397. The second-order valence-corrected chi connectivity index (χ2v) is 7.52. The summed E-state index contributed by atoms with van der Waals surface area (Å²) in [7, 11) is 0. The van der Waals surface area contributed by atoms with Gasteiger partial charge in [-0.3, -0.25) is 4.90 Å². The van der Waals surface area contributed by atoms with Gasteiger partial charge in [0.2, 0.25) is 0 Å². The number of nitrogens with zero attached hydrogens (tertiary/aromatic N) is 1. The Labute approximate surface area is 112 Å². The van der Waals surface area contributed by atoms with E-state index in [-0.39, 0.29) is 6.10 Å². The van der Waals surface area contributed by atoms with Gasteiger partial charge < -0.3 is 5.11 Å². The molecule has 1 heterocycles. The van der Waals surface area contributed by atoms with E-state index in [9.17, 15) is 5.11 Å². The van der Waals surface area contributed by atoms with Crippen LogP contribution in [0.5, 0.6) is 0 Å². The van der Waals surface area contributed by atoms with E-state index in [1.54, 1.807) is 0 Å². The molecule has 3 rings (SSSR count). The first-order valence-corrected chi connectivity index (χ1v) is 8.02. The minimum absolute atomic E-state index is 0.0397. The molecule has 2 aliphatic carbocycles. The van der Waals surface area contributed by atoms with Gasteiger partial charge in [-0.15, -0.1) is 0 Å². The van der Waals surface area contributed by atoms with Gasteiger partial charge in [0.1, 0.15) is 0 Å². The van der Waals surface area contributed by atoms with Gasteiger partial charge in [0.15, 0.2) is 0 Å². The van der Waals surface area contributed by atoms with Crippen molar-refractivity contribution in [2.75, 3.05) is 13.1 Å². The molecule has 0 amide bonds. The second-order valence-electron chi connectivity index (χ2n) is 7.52. The fraction of sp³-hybridized carbons (Fsp3) is 1.00. The smallest absolute Gasteiger partial charge is 0.0555 e. The molecule has 3 aliphatic rings. The lowest BCUT2D eigenvalue weighted by Crippen LogP contribution is -2.51. The SMILES string of the molecule is CC(C)C1CCC(O)CC1N1CCCC2(CC2)C1. The van der Waals surface area contributed by atoms with Crippen LogP contribution in [0.1, 0.15) is 58.8 Å². The van der Waals surface area contributed by atoms with Crippen molar-refractivity contribution in [1.82, 2.24) is 4.90 Å². The van der Waals surface area contributed by atoms with Crippen LogP contribution in [0, 0.1) is 17.3 Å². The number of hydrogen-bond acceptors (Lipinski definition) is 2. The van der Waals surface area contributed by atoms with Gasteiger partial charge in [-0.05, 0) is 68.7 Å². The number of hydrogen-bond donors (Lipinski definition) is 1. The Balaban J connectivity index is 1.70. The van der Waals surface area contributed by atoms with Crippen LogP contribution in [-0.4, -0.2) is 35.2 Å². The fourth-order valence-electron chi connectivity index (χ4n) is 4.46. The van der Waals surface area contributed by atoms with Gasteiger partial charge in [-0.25, -0.2) is 0 Å². The molecule has 0 radical (unpaired) electrons. The molecule has 2 nitrogen and oxygen atoms in total. The maximum Gasteiger partial charge on any atom is 0.0555 e. The van der Waals surface area contributed by atoms with E-state index in [4.69, 9.17) is 0 Å². The summed E-state index contributed by atoms with van der Waals surface area (Å²) >= 11 is 0. The van der Waals surface area contributed by atoms with Gasteiger partial charge >= 0.3 is 0 Å². The third-order valence-corrected chi connectivity index (χ3v) is 5.81. The first-order chi connectivity index (χ1) is 8.60. The van der Waals surface area contributed by atoms with Gasteiger partial charge in [-0.2, -0.15) is 0 Å². The van der Waals surface area contributed by atoms with E-state index < -0.39 is 0 Å². The number of rotatable bonds is 2. The highest BCUT2D eigenvalue weighted by molar-refractivity contribution is 5.01. The number of piperidine rings is 1. The maximum absolute atomic E-state index is 10.0. The first kappa shape index (κ1) is 12.9. The van der Waals surface area contributed by atoms with E-state index in [1.165, 1.54) is 45.2 Å². The van der Waals surface area contributed by atoms with E-state index in [1.807, 2.05) is 0 Å². The predicted octanol–water partition coefficient (Wildman–Crippen LogP) is 3.05. The summed E-state index contributed by atoms with van der Waals surface area (Å²) in [5, 5.41) is 10.0. The summed E-state index contributed by atoms with van der Waals surface area (Å²) in [6.07, 6.45) is 9.02. The topological polar surface area (TPSA) is 23.5 Å².